The fourth-order valence-corrected chi connectivity index (χ4v) is 2.87. The van der Waals surface area contributed by atoms with Gasteiger partial charge in [-0.05, 0) is 34.1 Å². The molecule has 0 fully saturated rings. The SMILES string of the molecule is CN(CCO)S(=O)(=O)c1ccc(Br)c(C(=O)O)c1. The molecule has 0 amide bonds. The van der Waals surface area contributed by atoms with Gasteiger partial charge in [-0.1, -0.05) is 0 Å². The molecule has 0 spiro atoms. The molecule has 0 heterocycles. The summed E-state index contributed by atoms with van der Waals surface area (Å²) in [5.74, 6) is -1.22. The van der Waals surface area contributed by atoms with Gasteiger partial charge in [0, 0.05) is 18.1 Å². The van der Waals surface area contributed by atoms with E-state index in [9.17, 15) is 13.2 Å². The minimum atomic E-state index is -3.78. The van der Waals surface area contributed by atoms with Gasteiger partial charge in [-0.3, -0.25) is 0 Å². The van der Waals surface area contributed by atoms with E-state index in [-0.39, 0.29) is 23.6 Å². The number of rotatable bonds is 5. The summed E-state index contributed by atoms with van der Waals surface area (Å²) in [7, 11) is -2.47. The molecule has 18 heavy (non-hydrogen) atoms. The average molecular weight is 338 g/mol. The Balaban J connectivity index is 3.26. The van der Waals surface area contributed by atoms with E-state index < -0.39 is 16.0 Å². The normalized spacial score (nSPS) is 11.8. The molecule has 0 atom stereocenters. The zero-order valence-corrected chi connectivity index (χ0v) is 11.9. The van der Waals surface area contributed by atoms with E-state index in [4.69, 9.17) is 10.2 Å². The molecular formula is C10H12BrNO5S. The van der Waals surface area contributed by atoms with Crippen molar-refractivity contribution < 1.29 is 23.4 Å². The minimum absolute atomic E-state index is 0.0548. The highest BCUT2D eigenvalue weighted by Crippen LogP contribution is 2.22. The van der Waals surface area contributed by atoms with E-state index in [1.165, 1.54) is 19.2 Å². The maximum Gasteiger partial charge on any atom is 0.336 e. The number of likely N-dealkylation sites (N-methyl/N-ethyl adjacent to an activating group) is 1. The Hall–Kier alpha value is -0.960. The van der Waals surface area contributed by atoms with Gasteiger partial charge in [0.15, 0.2) is 0 Å². The largest absolute Gasteiger partial charge is 0.478 e. The van der Waals surface area contributed by atoms with Crippen molar-refractivity contribution in [3.05, 3.63) is 28.2 Å². The molecular weight excluding hydrogens is 326 g/mol. The molecule has 0 unspecified atom stereocenters. The van der Waals surface area contributed by atoms with Gasteiger partial charge in [-0.2, -0.15) is 4.31 Å². The number of aromatic carboxylic acids is 1. The first-order chi connectivity index (χ1) is 8.30. The third-order valence-corrected chi connectivity index (χ3v) is 4.84. The highest BCUT2D eigenvalue weighted by molar-refractivity contribution is 9.10. The number of nitrogens with zero attached hydrogens (tertiary/aromatic N) is 1. The molecule has 0 bridgehead atoms. The second-order valence-electron chi connectivity index (χ2n) is 3.50. The highest BCUT2D eigenvalue weighted by Gasteiger charge is 2.22. The fourth-order valence-electron chi connectivity index (χ4n) is 1.27. The molecule has 1 aromatic rings. The van der Waals surface area contributed by atoms with E-state index in [2.05, 4.69) is 15.9 Å². The van der Waals surface area contributed by atoms with E-state index in [0.29, 0.717) is 4.47 Å². The molecule has 1 aromatic carbocycles. The first-order valence-electron chi connectivity index (χ1n) is 4.90. The van der Waals surface area contributed by atoms with Crippen LogP contribution in [0.3, 0.4) is 0 Å². The summed E-state index contributed by atoms with van der Waals surface area (Å²) < 4.78 is 25.3. The summed E-state index contributed by atoms with van der Waals surface area (Å²) in [6, 6.07) is 3.75. The predicted molar refractivity (Wildman–Crippen MR) is 68.0 cm³/mol. The molecule has 8 heteroatoms. The van der Waals surface area contributed by atoms with E-state index in [1.807, 2.05) is 0 Å². The van der Waals surface area contributed by atoms with E-state index in [1.54, 1.807) is 0 Å². The Morgan fingerprint density at radius 1 is 1.44 bits per heavy atom. The number of carboxylic acids is 1. The number of hydrogen-bond acceptors (Lipinski definition) is 4. The Labute approximate surface area is 113 Å². The van der Waals surface area contributed by atoms with Gasteiger partial charge in [0.2, 0.25) is 10.0 Å². The summed E-state index contributed by atoms with van der Waals surface area (Å²) in [5, 5.41) is 17.6. The standard InChI is InChI=1S/C10H12BrNO5S/c1-12(4-5-13)18(16,17)7-2-3-9(11)8(6-7)10(14)15/h2-3,6,13H,4-5H2,1H3,(H,14,15). The molecule has 0 aromatic heterocycles. The van der Waals surface area contributed by atoms with Gasteiger partial charge in [-0.25, -0.2) is 13.2 Å². The van der Waals surface area contributed by atoms with Crippen molar-refractivity contribution in [3.8, 4) is 0 Å². The second-order valence-corrected chi connectivity index (χ2v) is 6.40. The number of hydrogen-bond donors (Lipinski definition) is 2. The topological polar surface area (TPSA) is 94.9 Å². The number of benzene rings is 1. The van der Waals surface area contributed by atoms with Gasteiger partial charge in [-0.15, -0.1) is 0 Å². The molecule has 2 N–H and O–H groups in total. The summed E-state index contributed by atoms with van der Waals surface area (Å²) >= 11 is 3.04. The second kappa shape index (κ2) is 5.79. The van der Waals surface area contributed by atoms with Crippen LogP contribution in [0.4, 0.5) is 0 Å². The van der Waals surface area contributed by atoms with Crippen molar-refractivity contribution in [3.63, 3.8) is 0 Å². The lowest BCUT2D eigenvalue weighted by Gasteiger charge is -2.16. The van der Waals surface area contributed by atoms with Gasteiger partial charge in [0.05, 0.1) is 17.1 Å². The third kappa shape index (κ3) is 3.08. The van der Waals surface area contributed by atoms with Crippen molar-refractivity contribution >= 4 is 31.9 Å². The van der Waals surface area contributed by atoms with Gasteiger partial charge >= 0.3 is 5.97 Å². The highest BCUT2D eigenvalue weighted by atomic mass is 79.9. The molecule has 0 aliphatic carbocycles. The van der Waals surface area contributed by atoms with Crippen molar-refractivity contribution in [1.82, 2.24) is 4.31 Å². The van der Waals surface area contributed by atoms with E-state index >= 15 is 0 Å². The molecule has 0 saturated carbocycles. The molecule has 0 aliphatic rings. The first-order valence-corrected chi connectivity index (χ1v) is 7.14. The van der Waals surface area contributed by atoms with Crippen LogP contribution in [0, 0.1) is 0 Å². The number of aliphatic hydroxyl groups excluding tert-OH is 1. The van der Waals surface area contributed by atoms with Crippen LogP contribution in [-0.4, -0.2) is 49.1 Å². The minimum Gasteiger partial charge on any atom is -0.478 e. The lowest BCUT2D eigenvalue weighted by molar-refractivity contribution is 0.0695. The van der Waals surface area contributed by atoms with Crippen LogP contribution in [0.2, 0.25) is 0 Å². The smallest absolute Gasteiger partial charge is 0.336 e. The summed E-state index contributed by atoms with van der Waals surface area (Å²) in [5.41, 5.74) is -0.131. The molecule has 100 valence electrons. The number of sulfonamides is 1. The molecule has 0 aliphatic heterocycles. The number of carboxylic acid groups (broad SMARTS) is 1. The number of aliphatic hydroxyl groups is 1. The van der Waals surface area contributed by atoms with Crippen LogP contribution in [0.1, 0.15) is 10.4 Å². The van der Waals surface area contributed by atoms with Crippen LogP contribution in [0.5, 0.6) is 0 Å². The van der Waals surface area contributed by atoms with Crippen molar-refractivity contribution in [1.29, 1.82) is 0 Å². The number of carbonyl (C=O) groups is 1. The van der Waals surface area contributed by atoms with Gasteiger partial charge < -0.3 is 10.2 Å². The van der Waals surface area contributed by atoms with Crippen LogP contribution in [0.25, 0.3) is 0 Å². The number of halogens is 1. The summed E-state index contributed by atoms with van der Waals surface area (Å²) in [6.45, 7) is -0.362. The zero-order chi connectivity index (χ0) is 13.9. The Kier molecular flexibility index (Phi) is 4.85. The Morgan fingerprint density at radius 3 is 2.56 bits per heavy atom. The lowest BCUT2D eigenvalue weighted by atomic mass is 10.2. The molecule has 6 nitrogen and oxygen atoms in total. The Bertz CT molecular complexity index is 557. The van der Waals surface area contributed by atoms with E-state index in [0.717, 1.165) is 10.4 Å². The zero-order valence-electron chi connectivity index (χ0n) is 9.50. The van der Waals surface area contributed by atoms with Crippen LogP contribution in [0.15, 0.2) is 27.6 Å². The van der Waals surface area contributed by atoms with Gasteiger partial charge in [0.1, 0.15) is 0 Å². The third-order valence-electron chi connectivity index (χ3n) is 2.29. The van der Waals surface area contributed by atoms with Crippen LogP contribution >= 0.6 is 15.9 Å². The van der Waals surface area contributed by atoms with Crippen molar-refractivity contribution in [2.75, 3.05) is 20.2 Å². The monoisotopic (exact) mass is 337 g/mol. The molecule has 1 rings (SSSR count). The maximum atomic E-state index is 12.0. The molecule has 0 saturated heterocycles. The van der Waals surface area contributed by atoms with Crippen LogP contribution in [-0.2, 0) is 10.0 Å². The lowest BCUT2D eigenvalue weighted by Crippen LogP contribution is -2.29. The van der Waals surface area contributed by atoms with Crippen LogP contribution < -0.4 is 0 Å². The van der Waals surface area contributed by atoms with Crippen molar-refractivity contribution in [2.24, 2.45) is 0 Å². The van der Waals surface area contributed by atoms with Gasteiger partial charge in [0.25, 0.3) is 0 Å². The molecule has 0 radical (unpaired) electrons. The maximum absolute atomic E-state index is 12.0. The fraction of sp³-hybridized carbons (Fsp3) is 0.300. The summed E-state index contributed by atoms with van der Waals surface area (Å²) in [4.78, 5) is 10.8. The Morgan fingerprint density at radius 2 is 2.06 bits per heavy atom. The average Bonchev–Trinajstić information content (AvgIpc) is 2.29. The predicted octanol–water partition coefficient (Wildman–Crippen LogP) is 0.760. The summed E-state index contributed by atoms with van der Waals surface area (Å²) in [6.07, 6.45) is 0. The van der Waals surface area contributed by atoms with Crippen molar-refractivity contribution in [2.45, 2.75) is 4.90 Å². The quantitative estimate of drug-likeness (QED) is 0.827. The first kappa shape index (κ1) is 15.1.